The second kappa shape index (κ2) is 7.75. The molecule has 6 nitrogen and oxygen atoms in total. The number of nitrogens with two attached hydrogens (primary N) is 1. The lowest BCUT2D eigenvalue weighted by Gasteiger charge is -2.22. The first-order valence-corrected chi connectivity index (χ1v) is 8.25. The summed E-state index contributed by atoms with van der Waals surface area (Å²) in [6.45, 7) is 10.3. The summed E-state index contributed by atoms with van der Waals surface area (Å²) in [4.78, 5) is 25.0. The van der Waals surface area contributed by atoms with Crippen LogP contribution in [-0.2, 0) is 5.41 Å². The standard InChI is InChI=1S/C18H29N3O3/c1-12(2)15(19)9-10-20(6)17(22)13-7-8-14(18(3,4)5)16(11-13)21(23)24/h7-8,11-12,15H,9-10,19H2,1-6H3. The second-order valence-corrected chi connectivity index (χ2v) is 7.66. The Balaban J connectivity index is 2.99. The summed E-state index contributed by atoms with van der Waals surface area (Å²) >= 11 is 0. The number of carbonyl (C=O) groups excluding carboxylic acids is 1. The van der Waals surface area contributed by atoms with E-state index in [9.17, 15) is 14.9 Å². The molecule has 0 bridgehead atoms. The van der Waals surface area contributed by atoms with Gasteiger partial charge in [0.1, 0.15) is 0 Å². The second-order valence-electron chi connectivity index (χ2n) is 7.66. The summed E-state index contributed by atoms with van der Waals surface area (Å²) in [5, 5.41) is 11.4. The van der Waals surface area contributed by atoms with E-state index in [1.165, 1.54) is 6.07 Å². The molecule has 0 fully saturated rings. The van der Waals surface area contributed by atoms with Crippen molar-refractivity contribution in [2.45, 2.75) is 52.5 Å². The molecule has 0 aromatic heterocycles. The third-order valence-electron chi connectivity index (χ3n) is 4.25. The third kappa shape index (κ3) is 5.03. The van der Waals surface area contributed by atoms with Crippen LogP contribution in [0.15, 0.2) is 18.2 Å². The Kier molecular flexibility index (Phi) is 6.49. The largest absolute Gasteiger partial charge is 0.342 e. The number of nitrogens with zero attached hydrogens (tertiary/aromatic N) is 2. The van der Waals surface area contributed by atoms with Gasteiger partial charge in [-0.05, 0) is 23.8 Å². The van der Waals surface area contributed by atoms with Crippen LogP contribution in [0.4, 0.5) is 5.69 Å². The highest BCUT2D eigenvalue weighted by Crippen LogP contribution is 2.32. The number of nitro benzene ring substituents is 1. The van der Waals surface area contributed by atoms with E-state index >= 15 is 0 Å². The van der Waals surface area contributed by atoms with Crippen LogP contribution >= 0.6 is 0 Å². The Morgan fingerprint density at radius 3 is 2.38 bits per heavy atom. The minimum absolute atomic E-state index is 0.0133. The fraction of sp³-hybridized carbons (Fsp3) is 0.611. The molecule has 0 spiro atoms. The zero-order chi connectivity index (χ0) is 18.7. The quantitative estimate of drug-likeness (QED) is 0.638. The summed E-state index contributed by atoms with van der Waals surface area (Å²) in [7, 11) is 1.69. The van der Waals surface area contributed by atoms with Crippen LogP contribution in [-0.4, -0.2) is 35.4 Å². The summed E-state index contributed by atoms with van der Waals surface area (Å²) in [6.07, 6.45) is 0.697. The average molecular weight is 335 g/mol. The molecule has 1 unspecified atom stereocenters. The van der Waals surface area contributed by atoms with Crippen LogP contribution in [0.25, 0.3) is 0 Å². The van der Waals surface area contributed by atoms with E-state index in [-0.39, 0.29) is 23.1 Å². The van der Waals surface area contributed by atoms with Crippen molar-refractivity contribution >= 4 is 11.6 Å². The maximum Gasteiger partial charge on any atom is 0.273 e. The van der Waals surface area contributed by atoms with E-state index < -0.39 is 4.92 Å². The van der Waals surface area contributed by atoms with E-state index in [0.29, 0.717) is 30.0 Å². The van der Waals surface area contributed by atoms with Gasteiger partial charge in [0, 0.05) is 36.8 Å². The maximum atomic E-state index is 12.5. The van der Waals surface area contributed by atoms with Gasteiger partial charge in [-0.2, -0.15) is 0 Å². The number of hydrogen-bond donors (Lipinski definition) is 1. The van der Waals surface area contributed by atoms with E-state index in [2.05, 4.69) is 0 Å². The molecule has 0 radical (unpaired) electrons. The Bertz CT molecular complexity index is 606. The van der Waals surface area contributed by atoms with Crippen LogP contribution in [0.5, 0.6) is 0 Å². The van der Waals surface area contributed by atoms with Crippen molar-refractivity contribution in [2.75, 3.05) is 13.6 Å². The van der Waals surface area contributed by atoms with Crippen molar-refractivity contribution in [3.63, 3.8) is 0 Å². The van der Waals surface area contributed by atoms with Gasteiger partial charge in [0.2, 0.25) is 0 Å². The van der Waals surface area contributed by atoms with E-state index in [1.807, 2.05) is 34.6 Å². The Labute approximate surface area is 144 Å². The average Bonchev–Trinajstić information content (AvgIpc) is 2.49. The fourth-order valence-electron chi connectivity index (χ4n) is 2.45. The summed E-state index contributed by atoms with van der Waals surface area (Å²) in [6, 6.07) is 4.74. The van der Waals surface area contributed by atoms with Gasteiger partial charge >= 0.3 is 0 Å². The lowest BCUT2D eigenvalue weighted by molar-refractivity contribution is -0.386. The number of rotatable bonds is 6. The topological polar surface area (TPSA) is 89.5 Å². The van der Waals surface area contributed by atoms with Crippen molar-refractivity contribution in [1.29, 1.82) is 0 Å². The Morgan fingerprint density at radius 1 is 1.33 bits per heavy atom. The summed E-state index contributed by atoms with van der Waals surface area (Å²) in [5.41, 5.74) is 6.58. The smallest absolute Gasteiger partial charge is 0.273 e. The molecular weight excluding hydrogens is 306 g/mol. The van der Waals surface area contributed by atoms with Crippen LogP contribution in [0, 0.1) is 16.0 Å². The number of nitro groups is 1. The normalized spacial score (nSPS) is 13.0. The predicted molar refractivity (Wildman–Crippen MR) is 96.2 cm³/mol. The van der Waals surface area contributed by atoms with Crippen LogP contribution in [0.3, 0.4) is 0 Å². The number of amides is 1. The molecule has 1 aromatic carbocycles. The summed E-state index contributed by atoms with van der Waals surface area (Å²) in [5.74, 6) is 0.121. The number of benzene rings is 1. The summed E-state index contributed by atoms with van der Waals surface area (Å²) < 4.78 is 0. The molecule has 134 valence electrons. The van der Waals surface area contributed by atoms with Gasteiger partial charge < -0.3 is 10.6 Å². The molecule has 1 aromatic rings. The first kappa shape index (κ1) is 20.1. The molecule has 24 heavy (non-hydrogen) atoms. The van der Waals surface area contributed by atoms with Crippen molar-refractivity contribution in [3.8, 4) is 0 Å². The molecule has 0 aliphatic heterocycles. The van der Waals surface area contributed by atoms with Crippen LogP contribution in [0.1, 0.15) is 57.0 Å². The predicted octanol–water partition coefficient (Wildman–Crippen LogP) is 3.34. The van der Waals surface area contributed by atoms with E-state index in [0.717, 1.165) is 0 Å². The van der Waals surface area contributed by atoms with Crippen molar-refractivity contribution < 1.29 is 9.72 Å². The minimum atomic E-state index is -0.425. The van der Waals surface area contributed by atoms with Gasteiger partial charge in [-0.1, -0.05) is 40.7 Å². The van der Waals surface area contributed by atoms with Crippen molar-refractivity contribution in [3.05, 3.63) is 39.4 Å². The molecule has 0 heterocycles. The van der Waals surface area contributed by atoms with Gasteiger partial charge in [-0.15, -0.1) is 0 Å². The van der Waals surface area contributed by atoms with Gasteiger partial charge in [0.15, 0.2) is 0 Å². The molecule has 0 aliphatic carbocycles. The number of hydrogen-bond acceptors (Lipinski definition) is 4. The van der Waals surface area contributed by atoms with Crippen molar-refractivity contribution in [1.82, 2.24) is 4.90 Å². The monoisotopic (exact) mass is 335 g/mol. The molecule has 1 rings (SSSR count). The highest BCUT2D eigenvalue weighted by Gasteiger charge is 2.26. The lowest BCUT2D eigenvalue weighted by atomic mass is 9.85. The highest BCUT2D eigenvalue weighted by atomic mass is 16.6. The van der Waals surface area contributed by atoms with Gasteiger partial charge in [-0.25, -0.2) is 0 Å². The molecule has 6 heteroatoms. The van der Waals surface area contributed by atoms with Gasteiger partial charge in [0.25, 0.3) is 11.6 Å². The fourth-order valence-corrected chi connectivity index (χ4v) is 2.45. The first-order valence-electron chi connectivity index (χ1n) is 8.25. The van der Waals surface area contributed by atoms with E-state index in [4.69, 9.17) is 5.73 Å². The molecule has 0 saturated carbocycles. The zero-order valence-corrected chi connectivity index (χ0v) is 15.5. The zero-order valence-electron chi connectivity index (χ0n) is 15.5. The molecule has 0 saturated heterocycles. The van der Waals surface area contributed by atoms with Crippen LogP contribution < -0.4 is 5.73 Å². The Hall–Kier alpha value is -1.95. The van der Waals surface area contributed by atoms with Gasteiger partial charge in [0.05, 0.1) is 4.92 Å². The van der Waals surface area contributed by atoms with Gasteiger partial charge in [-0.3, -0.25) is 14.9 Å². The third-order valence-corrected chi connectivity index (χ3v) is 4.25. The first-order chi connectivity index (χ1) is 10.9. The molecule has 2 N–H and O–H groups in total. The number of carbonyl (C=O) groups is 1. The molecule has 1 atom stereocenters. The van der Waals surface area contributed by atoms with Crippen LogP contribution in [0.2, 0.25) is 0 Å². The van der Waals surface area contributed by atoms with Crippen molar-refractivity contribution in [2.24, 2.45) is 11.7 Å². The highest BCUT2D eigenvalue weighted by molar-refractivity contribution is 5.94. The lowest BCUT2D eigenvalue weighted by Crippen LogP contribution is -2.34. The molecule has 1 amide bonds. The Morgan fingerprint density at radius 2 is 1.92 bits per heavy atom. The van der Waals surface area contributed by atoms with E-state index in [1.54, 1.807) is 24.1 Å². The molecular formula is C18H29N3O3. The SMILES string of the molecule is CC(C)C(N)CCN(C)C(=O)c1ccc(C(C)(C)C)c([N+](=O)[O-])c1. The molecule has 0 aliphatic rings. The minimum Gasteiger partial charge on any atom is -0.342 e. The maximum absolute atomic E-state index is 12.5.